The zero-order valence-corrected chi connectivity index (χ0v) is 19.6. The van der Waals surface area contributed by atoms with Crippen molar-refractivity contribution >= 4 is 17.3 Å². The van der Waals surface area contributed by atoms with Gasteiger partial charge in [0, 0.05) is 30.7 Å². The number of carbonyl (C=O) groups excluding carboxylic acids is 1. The number of pyridine rings is 2. The fourth-order valence-electron chi connectivity index (χ4n) is 5.10. The minimum atomic E-state index is -0.984. The Morgan fingerprint density at radius 3 is 2.58 bits per heavy atom. The van der Waals surface area contributed by atoms with E-state index in [9.17, 15) is 23.1 Å². The fraction of sp³-hybridized carbons (Fsp3) is 0.346. The monoisotopic (exact) mass is 497 g/mol. The van der Waals surface area contributed by atoms with E-state index in [0.29, 0.717) is 18.8 Å². The minimum absolute atomic E-state index is 0.0838. The van der Waals surface area contributed by atoms with Gasteiger partial charge >= 0.3 is 0 Å². The number of hydrogen-bond donors (Lipinski definition) is 3. The molecule has 0 radical (unpaired) electrons. The highest BCUT2D eigenvalue weighted by atomic mass is 19.1. The van der Waals surface area contributed by atoms with Crippen LogP contribution in [0.5, 0.6) is 0 Å². The number of halogens is 3. The van der Waals surface area contributed by atoms with Crippen LogP contribution in [0.25, 0.3) is 11.3 Å². The van der Waals surface area contributed by atoms with Crippen LogP contribution in [0.3, 0.4) is 0 Å². The number of aryl methyl sites for hydroxylation is 1. The van der Waals surface area contributed by atoms with Crippen LogP contribution in [0.4, 0.5) is 24.5 Å². The van der Waals surface area contributed by atoms with Gasteiger partial charge < -0.3 is 21.1 Å². The van der Waals surface area contributed by atoms with Gasteiger partial charge in [-0.3, -0.25) is 9.78 Å². The number of benzene rings is 1. The number of nitrogens with one attached hydrogen (secondary N) is 1. The molecule has 0 spiro atoms. The molecule has 1 fully saturated rings. The highest BCUT2D eigenvalue weighted by Gasteiger charge is 2.34. The molecule has 1 amide bonds. The second kappa shape index (κ2) is 9.51. The molecule has 10 heteroatoms. The van der Waals surface area contributed by atoms with Crippen LogP contribution in [0.15, 0.2) is 36.5 Å². The summed E-state index contributed by atoms with van der Waals surface area (Å²) < 4.78 is 43.1. The van der Waals surface area contributed by atoms with Gasteiger partial charge in [0.05, 0.1) is 29.2 Å². The zero-order chi connectivity index (χ0) is 25.6. The predicted octanol–water partition coefficient (Wildman–Crippen LogP) is 3.45. The summed E-state index contributed by atoms with van der Waals surface area (Å²) in [6.45, 7) is 2.86. The molecule has 2 aromatic heterocycles. The summed E-state index contributed by atoms with van der Waals surface area (Å²) in [5.74, 6) is -3.68. The Labute approximate surface area is 206 Å². The molecule has 188 valence electrons. The van der Waals surface area contributed by atoms with Gasteiger partial charge in [-0.15, -0.1) is 0 Å². The molecule has 1 aromatic carbocycles. The van der Waals surface area contributed by atoms with Gasteiger partial charge in [0.15, 0.2) is 0 Å². The second-order valence-electron chi connectivity index (χ2n) is 9.41. The Bertz CT molecular complexity index is 1300. The van der Waals surface area contributed by atoms with Crippen molar-refractivity contribution in [1.82, 2.24) is 9.97 Å². The summed E-state index contributed by atoms with van der Waals surface area (Å²) in [6.07, 6.45) is 3.48. The molecule has 0 bridgehead atoms. The number of rotatable bonds is 4. The number of nitrogens with zero attached hydrogens (tertiary/aromatic N) is 3. The Morgan fingerprint density at radius 2 is 1.86 bits per heavy atom. The Hall–Kier alpha value is -3.50. The van der Waals surface area contributed by atoms with E-state index in [4.69, 9.17) is 5.73 Å². The average Bonchev–Trinajstić information content (AvgIpc) is 3.32. The lowest BCUT2D eigenvalue weighted by Crippen LogP contribution is -2.56. The number of aliphatic hydroxyl groups excluding tert-OH is 1. The molecule has 7 nitrogen and oxygen atoms in total. The molecule has 3 atom stereocenters. The van der Waals surface area contributed by atoms with E-state index < -0.39 is 46.8 Å². The Kier molecular flexibility index (Phi) is 6.40. The maximum absolute atomic E-state index is 14.5. The lowest BCUT2D eigenvalue weighted by Gasteiger charge is -2.41. The van der Waals surface area contributed by atoms with Crippen LogP contribution < -0.4 is 16.0 Å². The van der Waals surface area contributed by atoms with Gasteiger partial charge in [-0.25, -0.2) is 18.2 Å². The smallest absolute Gasteiger partial charge is 0.274 e. The lowest BCUT2D eigenvalue weighted by molar-refractivity contribution is 0.0785. The first-order valence-electron chi connectivity index (χ1n) is 11.9. The van der Waals surface area contributed by atoms with Crippen molar-refractivity contribution in [2.45, 2.75) is 38.3 Å². The third-order valence-corrected chi connectivity index (χ3v) is 6.88. The van der Waals surface area contributed by atoms with E-state index in [1.165, 1.54) is 0 Å². The van der Waals surface area contributed by atoms with Crippen molar-refractivity contribution < 1.29 is 23.1 Å². The molecule has 1 aliphatic heterocycles. The van der Waals surface area contributed by atoms with Gasteiger partial charge in [-0.05, 0) is 49.1 Å². The number of aromatic nitrogens is 2. The average molecular weight is 498 g/mol. The number of fused-ring (bicyclic) bond motifs is 1. The number of hydrogen-bond acceptors (Lipinski definition) is 6. The Balaban J connectivity index is 1.50. The number of anilines is 2. The van der Waals surface area contributed by atoms with Gasteiger partial charge in [-0.2, -0.15) is 0 Å². The summed E-state index contributed by atoms with van der Waals surface area (Å²) in [5, 5.41) is 13.1. The summed E-state index contributed by atoms with van der Waals surface area (Å²) in [4.78, 5) is 23.7. The SMILES string of the molecule is CC1CN(c2c(NC(=O)c3ccc(F)c(-c4c(F)cccc4F)n3)cnc3c2CCC3)CC(N)C1O. The number of amides is 1. The number of piperidine rings is 1. The van der Waals surface area contributed by atoms with Gasteiger partial charge in [0.2, 0.25) is 0 Å². The molecule has 3 heterocycles. The number of aliphatic hydroxyl groups is 1. The van der Waals surface area contributed by atoms with Crippen molar-refractivity contribution in [3.05, 3.63) is 70.9 Å². The summed E-state index contributed by atoms with van der Waals surface area (Å²) in [5.41, 5.74) is 7.95. The lowest BCUT2D eigenvalue weighted by atomic mass is 9.92. The van der Waals surface area contributed by atoms with Crippen LogP contribution in [0.1, 0.15) is 35.1 Å². The molecule has 1 aliphatic carbocycles. The first-order chi connectivity index (χ1) is 17.2. The first kappa shape index (κ1) is 24.2. The van der Waals surface area contributed by atoms with Gasteiger partial charge in [-0.1, -0.05) is 13.0 Å². The molecule has 5 rings (SSSR count). The topological polar surface area (TPSA) is 104 Å². The van der Waals surface area contributed by atoms with Crippen molar-refractivity contribution in [2.24, 2.45) is 11.7 Å². The van der Waals surface area contributed by atoms with Crippen LogP contribution in [0, 0.1) is 23.4 Å². The molecular formula is C26H26F3N5O2. The molecule has 4 N–H and O–H groups in total. The van der Waals surface area contributed by atoms with Crippen molar-refractivity contribution in [1.29, 1.82) is 0 Å². The van der Waals surface area contributed by atoms with E-state index in [-0.39, 0.29) is 11.6 Å². The van der Waals surface area contributed by atoms with Crippen molar-refractivity contribution in [3.63, 3.8) is 0 Å². The molecule has 2 aliphatic rings. The highest BCUT2D eigenvalue weighted by Crippen LogP contribution is 2.38. The van der Waals surface area contributed by atoms with E-state index in [1.54, 1.807) is 6.20 Å². The normalized spacial score (nSPS) is 21.4. The van der Waals surface area contributed by atoms with E-state index in [0.717, 1.165) is 66.5 Å². The van der Waals surface area contributed by atoms with E-state index in [2.05, 4.69) is 20.2 Å². The van der Waals surface area contributed by atoms with Crippen molar-refractivity contribution in [2.75, 3.05) is 23.3 Å². The van der Waals surface area contributed by atoms with Crippen LogP contribution in [0.2, 0.25) is 0 Å². The largest absolute Gasteiger partial charge is 0.391 e. The quantitative estimate of drug-likeness (QED) is 0.510. The maximum Gasteiger partial charge on any atom is 0.274 e. The molecule has 1 saturated heterocycles. The summed E-state index contributed by atoms with van der Waals surface area (Å²) in [7, 11) is 0. The van der Waals surface area contributed by atoms with Crippen molar-refractivity contribution in [3.8, 4) is 11.3 Å². The molecular weight excluding hydrogens is 471 g/mol. The van der Waals surface area contributed by atoms with E-state index in [1.807, 2.05) is 6.92 Å². The van der Waals surface area contributed by atoms with Gasteiger partial charge in [0.1, 0.15) is 28.8 Å². The third kappa shape index (κ3) is 4.31. The standard InChI is InChI=1S/C26H26F3N5O2/c1-13-11-34(12-18(30)25(13)35)24-14-4-2-7-19(14)31-10-21(24)33-26(36)20-9-8-17(29)23(32-20)22-15(27)5-3-6-16(22)28/h3,5-6,8-10,13,18,25,35H,2,4,7,11-12,30H2,1H3,(H,33,36). The van der Waals surface area contributed by atoms with E-state index >= 15 is 0 Å². The van der Waals surface area contributed by atoms with Gasteiger partial charge in [0.25, 0.3) is 5.91 Å². The third-order valence-electron chi connectivity index (χ3n) is 6.88. The highest BCUT2D eigenvalue weighted by molar-refractivity contribution is 6.05. The summed E-state index contributed by atoms with van der Waals surface area (Å²) >= 11 is 0. The molecule has 0 saturated carbocycles. The van der Waals surface area contributed by atoms with Crippen LogP contribution >= 0.6 is 0 Å². The molecule has 3 aromatic rings. The fourth-order valence-corrected chi connectivity index (χ4v) is 5.10. The zero-order valence-electron chi connectivity index (χ0n) is 19.6. The van der Waals surface area contributed by atoms with Crippen LogP contribution in [-0.2, 0) is 12.8 Å². The maximum atomic E-state index is 14.5. The Morgan fingerprint density at radius 1 is 1.11 bits per heavy atom. The number of carbonyl (C=O) groups is 1. The number of nitrogens with two attached hydrogens (primary N) is 1. The molecule has 3 unspecified atom stereocenters. The summed E-state index contributed by atoms with van der Waals surface area (Å²) in [6, 6.07) is 4.81. The predicted molar refractivity (Wildman–Crippen MR) is 129 cm³/mol. The second-order valence-corrected chi connectivity index (χ2v) is 9.41. The first-order valence-corrected chi connectivity index (χ1v) is 11.9. The van der Waals surface area contributed by atoms with Crippen LogP contribution in [-0.4, -0.2) is 46.2 Å². The minimum Gasteiger partial charge on any atom is -0.391 e. The molecule has 36 heavy (non-hydrogen) atoms.